The van der Waals surface area contributed by atoms with Gasteiger partial charge in [-0.1, -0.05) is 41.4 Å². The van der Waals surface area contributed by atoms with Crippen LogP contribution >= 0.6 is 23.2 Å². The Kier molecular flexibility index (Phi) is 4.06. The smallest absolute Gasteiger partial charge is 0.260 e. The van der Waals surface area contributed by atoms with Crippen LogP contribution in [0.15, 0.2) is 36.4 Å². The first-order valence-electron chi connectivity index (χ1n) is 6.65. The lowest BCUT2D eigenvalue weighted by Gasteiger charge is -2.07. The molecule has 0 unspecified atom stereocenters. The van der Waals surface area contributed by atoms with Crippen LogP contribution in [0.1, 0.15) is 23.2 Å². The second-order valence-corrected chi connectivity index (χ2v) is 5.90. The lowest BCUT2D eigenvalue weighted by Crippen LogP contribution is -2.02. The molecule has 0 aliphatic heterocycles. The third-order valence-corrected chi connectivity index (χ3v) is 4.13. The van der Waals surface area contributed by atoms with E-state index in [9.17, 15) is 8.78 Å². The fourth-order valence-electron chi connectivity index (χ4n) is 2.42. The summed E-state index contributed by atoms with van der Waals surface area (Å²) in [5.41, 5.74) is 2.27. The number of aryl methyl sites for hydroxylation is 1. The van der Waals surface area contributed by atoms with Gasteiger partial charge in [0, 0.05) is 21.0 Å². The molecule has 0 fully saturated rings. The molecule has 0 saturated carbocycles. The van der Waals surface area contributed by atoms with Gasteiger partial charge in [0.1, 0.15) is 0 Å². The summed E-state index contributed by atoms with van der Waals surface area (Å²) in [6, 6.07) is 9.79. The summed E-state index contributed by atoms with van der Waals surface area (Å²) in [5, 5.41) is 6.36. The van der Waals surface area contributed by atoms with Crippen molar-refractivity contribution < 1.29 is 8.78 Å². The third-order valence-electron chi connectivity index (χ3n) is 3.55. The predicted molar refractivity (Wildman–Crippen MR) is 85.0 cm³/mol. The first-order valence-corrected chi connectivity index (χ1v) is 7.40. The number of benzene rings is 2. The number of hydrogen-bond donors (Lipinski definition) is 0. The highest BCUT2D eigenvalue weighted by Crippen LogP contribution is 2.27. The van der Waals surface area contributed by atoms with Gasteiger partial charge in [-0.05, 0) is 30.7 Å². The molecule has 0 bridgehead atoms. The molecule has 1 aromatic heterocycles. The average molecular weight is 341 g/mol. The SMILES string of the molecule is Cc1nn(Cc2ccc(Cl)cc2Cl)c2cc(C(F)F)ccc12. The van der Waals surface area contributed by atoms with E-state index in [0.717, 1.165) is 16.6 Å². The van der Waals surface area contributed by atoms with Gasteiger partial charge in [0.2, 0.25) is 0 Å². The van der Waals surface area contributed by atoms with E-state index in [2.05, 4.69) is 5.10 Å². The fourth-order valence-corrected chi connectivity index (χ4v) is 2.89. The highest BCUT2D eigenvalue weighted by Gasteiger charge is 2.13. The third kappa shape index (κ3) is 2.81. The van der Waals surface area contributed by atoms with Crippen molar-refractivity contribution in [3.05, 3.63) is 63.3 Å². The van der Waals surface area contributed by atoms with Crippen LogP contribution in [0.4, 0.5) is 8.78 Å². The summed E-state index contributed by atoms with van der Waals surface area (Å²) in [6.45, 7) is 2.25. The Morgan fingerprint density at radius 1 is 1.14 bits per heavy atom. The van der Waals surface area contributed by atoms with Gasteiger partial charge >= 0.3 is 0 Å². The molecule has 22 heavy (non-hydrogen) atoms. The van der Waals surface area contributed by atoms with E-state index in [4.69, 9.17) is 23.2 Å². The Hall–Kier alpha value is -1.65. The number of fused-ring (bicyclic) bond motifs is 1. The number of alkyl halides is 2. The van der Waals surface area contributed by atoms with Gasteiger partial charge in [-0.3, -0.25) is 4.68 Å². The second kappa shape index (κ2) is 5.86. The van der Waals surface area contributed by atoms with Crippen LogP contribution in [0.2, 0.25) is 10.0 Å². The molecule has 0 atom stereocenters. The van der Waals surface area contributed by atoms with E-state index in [1.54, 1.807) is 22.9 Å². The molecule has 1 heterocycles. The number of nitrogens with zero attached hydrogens (tertiary/aromatic N) is 2. The summed E-state index contributed by atoms with van der Waals surface area (Å²) in [6.07, 6.45) is -2.51. The molecule has 0 radical (unpaired) electrons. The van der Waals surface area contributed by atoms with Gasteiger partial charge in [0.25, 0.3) is 6.43 Å². The Labute approximate surface area is 136 Å². The maximum atomic E-state index is 12.9. The van der Waals surface area contributed by atoms with Crippen molar-refractivity contribution in [3.63, 3.8) is 0 Å². The number of hydrogen-bond acceptors (Lipinski definition) is 1. The maximum absolute atomic E-state index is 12.9. The molecule has 2 aromatic carbocycles. The number of halogens is 4. The first-order chi connectivity index (χ1) is 10.5. The topological polar surface area (TPSA) is 17.8 Å². The van der Waals surface area contributed by atoms with Crippen LogP contribution in [0.25, 0.3) is 10.9 Å². The molecule has 0 spiro atoms. The van der Waals surface area contributed by atoms with Gasteiger partial charge in [-0.25, -0.2) is 8.78 Å². The summed E-state index contributed by atoms with van der Waals surface area (Å²) >= 11 is 12.1. The lowest BCUT2D eigenvalue weighted by atomic mass is 10.1. The molecule has 0 aliphatic carbocycles. The standard InChI is InChI=1S/C16H12Cl2F2N2/c1-9-13-5-3-10(16(19)20)6-15(13)22(21-9)8-11-2-4-12(17)7-14(11)18/h2-7,16H,8H2,1H3. The van der Waals surface area contributed by atoms with Crippen molar-refractivity contribution in [2.24, 2.45) is 0 Å². The molecular formula is C16H12Cl2F2N2. The van der Waals surface area contributed by atoms with Gasteiger partial charge in [0.15, 0.2) is 0 Å². The molecule has 114 valence electrons. The number of rotatable bonds is 3. The van der Waals surface area contributed by atoms with Crippen molar-refractivity contribution in [1.82, 2.24) is 9.78 Å². The quantitative estimate of drug-likeness (QED) is 0.603. The van der Waals surface area contributed by atoms with E-state index in [-0.39, 0.29) is 5.56 Å². The maximum Gasteiger partial charge on any atom is 0.263 e. The molecular weight excluding hydrogens is 329 g/mol. The fraction of sp³-hybridized carbons (Fsp3) is 0.188. The van der Waals surface area contributed by atoms with Gasteiger partial charge in [0.05, 0.1) is 17.8 Å². The van der Waals surface area contributed by atoms with Gasteiger partial charge in [-0.15, -0.1) is 0 Å². The van der Waals surface area contributed by atoms with Crippen molar-refractivity contribution in [2.75, 3.05) is 0 Å². The molecule has 0 saturated heterocycles. The largest absolute Gasteiger partial charge is 0.263 e. The zero-order valence-electron chi connectivity index (χ0n) is 11.7. The monoisotopic (exact) mass is 340 g/mol. The summed E-state index contributed by atoms with van der Waals surface area (Å²) < 4.78 is 27.5. The molecule has 0 aliphatic rings. The summed E-state index contributed by atoms with van der Waals surface area (Å²) in [7, 11) is 0. The molecule has 6 heteroatoms. The van der Waals surface area contributed by atoms with Crippen LogP contribution in [0.3, 0.4) is 0 Å². The minimum absolute atomic E-state index is 0.0177. The molecule has 2 nitrogen and oxygen atoms in total. The Morgan fingerprint density at radius 2 is 1.91 bits per heavy atom. The molecule has 0 amide bonds. The van der Waals surface area contributed by atoms with Crippen LogP contribution in [-0.2, 0) is 6.54 Å². The van der Waals surface area contributed by atoms with Crippen LogP contribution in [0.5, 0.6) is 0 Å². The predicted octanol–water partition coefficient (Wildman–Crippen LogP) is 5.64. The molecule has 0 N–H and O–H groups in total. The van der Waals surface area contributed by atoms with E-state index < -0.39 is 6.43 Å². The highest BCUT2D eigenvalue weighted by molar-refractivity contribution is 6.35. The van der Waals surface area contributed by atoms with Crippen molar-refractivity contribution >= 4 is 34.1 Å². The van der Waals surface area contributed by atoms with Gasteiger partial charge in [-0.2, -0.15) is 5.10 Å². The zero-order chi connectivity index (χ0) is 15.9. The normalized spacial score (nSPS) is 11.5. The van der Waals surface area contributed by atoms with E-state index in [0.29, 0.717) is 22.1 Å². The van der Waals surface area contributed by atoms with Crippen LogP contribution < -0.4 is 0 Å². The van der Waals surface area contributed by atoms with E-state index in [1.165, 1.54) is 12.1 Å². The minimum Gasteiger partial charge on any atom is -0.260 e. The van der Waals surface area contributed by atoms with E-state index >= 15 is 0 Å². The molecule has 3 aromatic rings. The van der Waals surface area contributed by atoms with Crippen LogP contribution in [-0.4, -0.2) is 9.78 Å². The summed E-state index contributed by atoms with van der Waals surface area (Å²) in [4.78, 5) is 0. The highest BCUT2D eigenvalue weighted by atomic mass is 35.5. The van der Waals surface area contributed by atoms with Gasteiger partial charge < -0.3 is 0 Å². The average Bonchev–Trinajstić information content (AvgIpc) is 2.78. The number of aromatic nitrogens is 2. The minimum atomic E-state index is -2.51. The second-order valence-electron chi connectivity index (χ2n) is 5.06. The Balaban J connectivity index is 2.08. The van der Waals surface area contributed by atoms with Crippen molar-refractivity contribution in [2.45, 2.75) is 19.9 Å². The summed E-state index contributed by atoms with van der Waals surface area (Å²) in [5.74, 6) is 0. The van der Waals surface area contributed by atoms with Crippen molar-refractivity contribution in [1.29, 1.82) is 0 Å². The first kappa shape index (κ1) is 15.3. The zero-order valence-corrected chi connectivity index (χ0v) is 13.2. The Bertz CT molecular complexity index is 844. The molecule has 3 rings (SSSR count). The Morgan fingerprint density at radius 3 is 2.59 bits per heavy atom. The lowest BCUT2D eigenvalue weighted by molar-refractivity contribution is 0.151. The van der Waals surface area contributed by atoms with E-state index in [1.807, 2.05) is 13.0 Å². The van der Waals surface area contributed by atoms with Crippen molar-refractivity contribution in [3.8, 4) is 0 Å². The van der Waals surface area contributed by atoms with Crippen LogP contribution in [0, 0.1) is 6.92 Å².